The first kappa shape index (κ1) is 12.5. The molecule has 0 radical (unpaired) electrons. The second-order valence-corrected chi connectivity index (χ2v) is 5.61. The Morgan fingerprint density at radius 1 is 1.53 bits per heavy atom. The summed E-state index contributed by atoms with van der Waals surface area (Å²) in [6.45, 7) is 9.45. The predicted octanol–water partition coefficient (Wildman–Crippen LogP) is 1.65. The van der Waals surface area contributed by atoms with Gasteiger partial charge in [0.15, 0.2) is 0 Å². The van der Waals surface area contributed by atoms with Gasteiger partial charge in [-0.25, -0.2) is 0 Å². The lowest BCUT2D eigenvalue weighted by Crippen LogP contribution is -2.32. The SMILES string of the molecule is CC(C)C1CC(=O)N(CCC(C)(C)O)C1. The Kier molecular flexibility index (Phi) is 3.77. The van der Waals surface area contributed by atoms with Crippen LogP contribution in [0.3, 0.4) is 0 Å². The highest BCUT2D eigenvalue weighted by Crippen LogP contribution is 2.25. The highest BCUT2D eigenvalue weighted by atomic mass is 16.3. The van der Waals surface area contributed by atoms with Crippen LogP contribution in [0.5, 0.6) is 0 Å². The van der Waals surface area contributed by atoms with E-state index < -0.39 is 5.60 Å². The molecule has 1 N–H and O–H groups in total. The molecule has 1 aliphatic rings. The molecule has 1 saturated heterocycles. The van der Waals surface area contributed by atoms with E-state index in [0.717, 1.165) is 6.54 Å². The number of nitrogens with zero attached hydrogens (tertiary/aromatic N) is 1. The lowest BCUT2D eigenvalue weighted by Gasteiger charge is -2.23. The molecule has 1 rings (SSSR count). The second-order valence-electron chi connectivity index (χ2n) is 5.61. The van der Waals surface area contributed by atoms with Crippen molar-refractivity contribution in [3.05, 3.63) is 0 Å². The summed E-state index contributed by atoms with van der Waals surface area (Å²) in [5.74, 6) is 1.32. The Hall–Kier alpha value is -0.570. The van der Waals surface area contributed by atoms with Crippen LogP contribution < -0.4 is 0 Å². The third-order valence-corrected chi connectivity index (χ3v) is 3.18. The topological polar surface area (TPSA) is 40.5 Å². The summed E-state index contributed by atoms with van der Waals surface area (Å²) >= 11 is 0. The third kappa shape index (κ3) is 3.82. The van der Waals surface area contributed by atoms with E-state index in [1.165, 1.54) is 0 Å². The summed E-state index contributed by atoms with van der Waals surface area (Å²) in [4.78, 5) is 13.5. The van der Waals surface area contributed by atoms with Gasteiger partial charge in [0.2, 0.25) is 5.91 Å². The maximum atomic E-state index is 11.7. The van der Waals surface area contributed by atoms with Crippen LogP contribution in [0.25, 0.3) is 0 Å². The Bertz CT molecular complexity index is 230. The molecular weight excluding hydrogens is 190 g/mol. The zero-order valence-corrected chi connectivity index (χ0v) is 10.3. The molecule has 1 aliphatic heterocycles. The van der Waals surface area contributed by atoms with Crippen molar-refractivity contribution in [2.45, 2.75) is 46.1 Å². The van der Waals surface area contributed by atoms with Gasteiger partial charge in [-0.1, -0.05) is 13.8 Å². The van der Waals surface area contributed by atoms with Crippen LogP contribution in [-0.4, -0.2) is 34.6 Å². The number of carbonyl (C=O) groups is 1. The normalized spacial score (nSPS) is 22.9. The summed E-state index contributed by atoms with van der Waals surface area (Å²) in [6.07, 6.45) is 1.34. The average Bonchev–Trinajstić information content (AvgIpc) is 2.42. The lowest BCUT2D eigenvalue weighted by atomic mass is 9.95. The van der Waals surface area contributed by atoms with Crippen LogP contribution in [0.2, 0.25) is 0 Å². The number of carbonyl (C=O) groups excluding carboxylic acids is 1. The van der Waals surface area contributed by atoms with Crippen molar-refractivity contribution in [3.8, 4) is 0 Å². The summed E-state index contributed by atoms with van der Waals surface area (Å²) in [6, 6.07) is 0. The molecule has 1 heterocycles. The molecule has 88 valence electrons. The van der Waals surface area contributed by atoms with Gasteiger partial charge in [-0.2, -0.15) is 0 Å². The highest BCUT2D eigenvalue weighted by molar-refractivity contribution is 5.78. The predicted molar refractivity (Wildman–Crippen MR) is 60.4 cm³/mol. The first-order chi connectivity index (χ1) is 6.79. The molecule has 0 aromatic heterocycles. The molecule has 3 heteroatoms. The Morgan fingerprint density at radius 2 is 2.13 bits per heavy atom. The minimum atomic E-state index is -0.670. The zero-order chi connectivity index (χ0) is 11.6. The molecule has 0 spiro atoms. The smallest absolute Gasteiger partial charge is 0.222 e. The largest absolute Gasteiger partial charge is 0.390 e. The average molecular weight is 213 g/mol. The quantitative estimate of drug-likeness (QED) is 0.771. The van der Waals surface area contributed by atoms with E-state index >= 15 is 0 Å². The molecule has 0 aromatic carbocycles. The van der Waals surface area contributed by atoms with Gasteiger partial charge >= 0.3 is 0 Å². The number of hydrogen-bond acceptors (Lipinski definition) is 2. The molecule has 0 aliphatic carbocycles. The van der Waals surface area contributed by atoms with Crippen molar-refractivity contribution in [2.24, 2.45) is 11.8 Å². The van der Waals surface area contributed by atoms with Crippen LogP contribution in [0.4, 0.5) is 0 Å². The van der Waals surface area contributed by atoms with Gasteiger partial charge in [0.05, 0.1) is 5.60 Å². The van der Waals surface area contributed by atoms with Crippen LogP contribution in [0.1, 0.15) is 40.5 Å². The van der Waals surface area contributed by atoms with E-state index in [9.17, 15) is 9.90 Å². The van der Waals surface area contributed by atoms with Gasteiger partial charge in [-0.15, -0.1) is 0 Å². The fraction of sp³-hybridized carbons (Fsp3) is 0.917. The van der Waals surface area contributed by atoms with Gasteiger partial charge in [0, 0.05) is 19.5 Å². The van der Waals surface area contributed by atoms with Gasteiger partial charge < -0.3 is 10.0 Å². The number of likely N-dealkylation sites (tertiary alicyclic amines) is 1. The summed E-state index contributed by atoms with van der Waals surface area (Å²) < 4.78 is 0. The van der Waals surface area contributed by atoms with Gasteiger partial charge in [-0.05, 0) is 32.1 Å². The molecule has 0 aromatic rings. The van der Waals surface area contributed by atoms with E-state index in [1.54, 1.807) is 13.8 Å². The molecule has 15 heavy (non-hydrogen) atoms. The third-order valence-electron chi connectivity index (χ3n) is 3.18. The molecule has 0 bridgehead atoms. The summed E-state index contributed by atoms with van der Waals surface area (Å²) in [5.41, 5.74) is -0.670. The van der Waals surface area contributed by atoms with Crippen molar-refractivity contribution in [2.75, 3.05) is 13.1 Å². The molecule has 1 fully saturated rings. The van der Waals surface area contributed by atoms with Crippen molar-refractivity contribution in [3.63, 3.8) is 0 Å². The van der Waals surface area contributed by atoms with Crippen LogP contribution in [0, 0.1) is 11.8 Å². The minimum Gasteiger partial charge on any atom is -0.390 e. The summed E-state index contributed by atoms with van der Waals surface area (Å²) in [5, 5.41) is 9.60. The summed E-state index contributed by atoms with van der Waals surface area (Å²) in [7, 11) is 0. The lowest BCUT2D eigenvalue weighted by molar-refractivity contribution is -0.128. The Labute approximate surface area is 92.5 Å². The maximum Gasteiger partial charge on any atom is 0.222 e. The number of amides is 1. The fourth-order valence-electron chi connectivity index (χ4n) is 1.87. The minimum absolute atomic E-state index is 0.248. The van der Waals surface area contributed by atoms with Crippen molar-refractivity contribution in [1.82, 2.24) is 4.90 Å². The van der Waals surface area contributed by atoms with E-state index in [4.69, 9.17) is 0 Å². The molecule has 0 saturated carbocycles. The molecule has 1 unspecified atom stereocenters. The molecule has 1 amide bonds. The molecular formula is C12H23NO2. The first-order valence-electron chi connectivity index (χ1n) is 5.80. The van der Waals surface area contributed by atoms with Crippen LogP contribution >= 0.6 is 0 Å². The van der Waals surface area contributed by atoms with Crippen molar-refractivity contribution >= 4 is 5.91 Å². The number of aliphatic hydroxyl groups is 1. The monoisotopic (exact) mass is 213 g/mol. The van der Waals surface area contributed by atoms with Gasteiger partial charge in [0.25, 0.3) is 0 Å². The van der Waals surface area contributed by atoms with E-state index in [2.05, 4.69) is 13.8 Å². The number of rotatable bonds is 4. The Morgan fingerprint density at radius 3 is 2.53 bits per heavy atom. The van der Waals surface area contributed by atoms with E-state index in [0.29, 0.717) is 31.2 Å². The van der Waals surface area contributed by atoms with E-state index in [1.807, 2.05) is 4.90 Å². The van der Waals surface area contributed by atoms with Crippen molar-refractivity contribution < 1.29 is 9.90 Å². The van der Waals surface area contributed by atoms with Crippen molar-refractivity contribution in [1.29, 1.82) is 0 Å². The van der Waals surface area contributed by atoms with Crippen LogP contribution in [0.15, 0.2) is 0 Å². The zero-order valence-electron chi connectivity index (χ0n) is 10.3. The van der Waals surface area contributed by atoms with Gasteiger partial charge in [0.1, 0.15) is 0 Å². The second kappa shape index (κ2) is 4.52. The highest BCUT2D eigenvalue weighted by Gasteiger charge is 2.31. The Balaban J connectivity index is 2.41. The van der Waals surface area contributed by atoms with Gasteiger partial charge in [-0.3, -0.25) is 4.79 Å². The molecule has 1 atom stereocenters. The first-order valence-corrected chi connectivity index (χ1v) is 5.80. The fourth-order valence-corrected chi connectivity index (χ4v) is 1.87. The number of hydrogen-bond donors (Lipinski definition) is 1. The molecule has 3 nitrogen and oxygen atoms in total. The van der Waals surface area contributed by atoms with Crippen LogP contribution in [-0.2, 0) is 4.79 Å². The maximum absolute atomic E-state index is 11.7. The standard InChI is InChI=1S/C12H23NO2/c1-9(2)10-7-11(14)13(8-10)6-5-12(3,4)15/h9-10,15H,5-8H2,1-4H3. The van der Waals surface area contributed by atoms with E-state index in [-0.39, 0.29) is 5.91 Å².